The maximum atomic E-state index is 12.2. The second kappa shape index (κ2) is 5.26. The lowest BCUT2D eigenvalue weighted by atomic mass is 9.97. The Morgan fingerprint density at radius 1 is 1.56 bits per heavy atom. The summed E-state index contributed by atoms with van der Waals surface area (Å²) in [4.78, 5) is 14.2. The monoisotopic (exact) mass is 239 g/mol. The first kappa shape index (κ1) is 12.0. The third-order valence-electron chi connectivity index (χ3n) is 3.50. The van der Waals surface area contributed by atoms with E-state index in [1.807, 2.05) is 16.7 Å². The molecule has 1 amide bonds. The largest absolute Gasteiger partial charge is 0.338 e. The molecule has 2 aliphatic rings. The molecule has 0 bridgehead atoms. The van der Waals surface area contributed by atoms with Gasteiger partial charge in [-0.25, -0.2) is 0 Å². The number of carbonyl (C=O) groups excluding carboxylic acids is 1. The molecule has 2 heterocycles. The molecule has 0 aromatic rings. The number of hydrogen-bond donors (Lipinski definition) is 0. The molecule has 2 aliphatic heterocycles. The molecule has 1 fully saturated rings. The van der Waals surface area contributed by atoms with Crippen LogP contribution in [0, 0.1) is 5.92 Å². The average Bonchev–Trinajstić information content (AvgIpc) is 2.81. The van der Waals surface area contributed by atoms with Crippen LogP contribution in [-0.4, -0.2) is 34.9 Å². The van der Waals surface area contributed by atoms with Crippen LogP contribution in [0.15, 0.2) is 11.6 Å². The minimum absolute atomic E-state index is 0.258. The summed E-state index contributed by atoms with van der Waals surface area (Å²) >= 11 is 1.84. The van der Waals surface area contributed by atoms with Crippen molar-refractivity contribution in [1.82, 2.24) is 4.90 Å². The van der Waals surface area contributed by atoms with Gasteiger partial charge in [-0.15, -0.1) is 11.8 Å². The van der Waals surface area contributed by atoms with Crippen molar-refractivity contribution in [3.8, 4) is 0 Å². The normalized spacial score (nSPS) is 26.1. The Labute approximate surface area is 102 Å². The van der Waals surface area contributed by atoms with Crippen LogP contribution in [0.3, 0.4) is 0 Å². The van der Waals surface area contributed by atoms with Crippen LogP contribution in [0.25, 0.3) is 0 Å². The summed E-state index contributed by atoms with van der Waals surface area (Å²) in [6.07, 6.45) is 5.62. The van der Waals surface area contributed by atoms with Crippen LogP contribution in [0.5, 0.6) is 0 Å². The molecule has 0 saturated carbocycles. The lowest BCUT2D eigenvalue weighted by Gasteiger charge is -2.29. The van der Waals surface area contributed by atoms with Gasteiger partial charge < -0.3 is 4.90 Å². The van der Waals surface area contributed by atoms with Gasteiger partial charge in [-0.1, -0.05) is 25.5 Å². The number of carbonyl (C=O) groups is 1. The highest BCUT2D eigenvalue weighted by Gasteiger charge is 2.28. The van der Waals surface area contributed by atoms with Crippen LogP contribution >= 0.6 is 11.8 Å². The fourth-order valence-corrected chi connectivity index (χ4v) is 3.63. The molecule has 2 nitrogen and oxygen atoms in total. The van der Waals surface area contributed by atoms with Crippen LogP contribution < -0.4 is 0 Å². The van der Waals surface area contributed by atoms with Crippen molar-refractivity contribution >= 4 is 17.7 Å². The van der Waals surface area contributed by atoms with E-state index in [0.717, 1.165) is 31.7 Å². The molecule has 0 aromatic carbocycles. The van der Waals surface area contributed by atoms with Gasteiger partial charge in [-0.3, -0.25) is 4.79 Å². The van der Waals surface area contributed by atoms with Gasteiger partial charge in [-0.05, 0) is 30.9 Å². The molecule has 0 N–H and O–H groups in total. The summed E-state index contributed by atoms with van der Waals surface area (Å²) in [5.74, 6) is 2.18. The van der Waals surface area contributed by atoms with Gasteiger partial charge in [0, 0.05) is 13.1 Å². The molecule has 0 radical (unpaired) electrons. The summed E-state index contributed by atoms with van der Waals surface area (Å²) < 4.78 is 0. The summed E-state index contributed by atoms with van der Waals surface area (Å²) in [7, 11) is 0. The molecule has 3 heteroatoms. The van der Waals surface area contributed by atoms with Crippen molar-refractivity contribution < 1.29 is 4.79 Å². The van der Waals surface area contributed by atoms with Crippen LogP contribution in [0.4, 0.5) is 0 Å². The topological polar surface area (TPSA) is 20.3 Å². The van der Waals surface area contributed by atoms with Gasteiger partial charge in [0.25, 0.3) is 0 Å². The predicted octanol–water partition coefficient (Wildman–Crippen LogP) is 2.70. The third-order valence-corrected chi connectivity index (χ3v) is 4.87. The molecule has 0 aromatic heterocycles. The van der Waals surface area contributed by atoms with E-state index in [1.165, 1.54) is 12.0 Å². The Bertz CT molecular complexity index is 292. The zero-order chi connectivity index (χ0) is 11.5. The zero-order valence-corrected chi connectivity index (χ0v) is 11.1. The summed E-state index contributed by atoms with van der Waals surface area (Å²) in [5, 5.41) is 0.258. The zero-order valence-electron chi connectivity index (χ0n) is 10.2. The summed E-state index contributed by atoms with van der Waals surface area (Å²) in [5.41, 5.74) is 1.52. The van der Waals surface area contributed by atoms with E-state index < -0.39 is 0 Å². The molecule has 90 valence electrons. The van der Waals surface area contributed by atoms with E-state index in [9.17, 15) is 4.79 Å². The molecule has 0 aliphatic carbocycles. The van der Waals surface area contributed by atoms with E-state index in [4.69, 9.17) is 0 Å². The maximum absolute atomic E-state index is 12.2. The smallest absolute Gasteiger partial charge is 0.235 e. The number of thioether (sulfide) groups is 1. The van der Waals surface area contributed by atoms with E-state index in [0.29, 0.717) is 11.8 Å². The highest BCUT2D eigenvalue weighted by atomic mass is 32.2. The second-order valence-electron chi connectivity index (χ2n) is 4.97. The highest BCUT2D eigenvalue weighted by Crippen LogP contribution is 2.29. The van der Waals surface area contributed by atoms with Gasteiger partial charge in [0.05, 0.1) is 5.25 Å². The van der Waals surface area contributed by atoms with Crippen molar-refractivity contribution in [2.75, 3.05) is 18.8 Å². The van der Waals surface area contributed by atoms with Gasteiger partial charge in [0.1, 0.15) is 0 Å². The van der Waals surface area contributed by atoms with Crippen molar-refractivity contribution in [1.29, 1.82) is 0 Å². The Balaban J connectivity index is 1.90. The molecular formula is C13H21NOS. The molecule has 16 heavy (non-hydrogen) atoms. The quantitative estimate of drug-likeness (QED) is 0.691. The van der Waals surface area contributed by atoms with Crippen molar-refractivity contribution in [2.45, 2.75) is 38.4 Å². The van der Waals surface area contributed by atoms with Gasteiger partial charge in [-0.2, -0.15) is 0 Å². The molecule has 1 unspecified atom stereocenters. The molecular weight excluding hydrogens is 218 g/mol. The van der Waals surface area contributed by atoms with Crippen molar-refractivity contribution in [3.63, 3.8) is 0 Å². The van der Waals surface area contributed by atoms with Crippen molar-refractivity contribution in [2.24, 2.45) is 5.92 Å². The first-order valence-electron chi connectivity index (χ1n) is 6.28. The molecule has 1 saturated heterocycles. The van der Waals surface area contributed by atoms with Crippen LogP contribution in [-0.2, 0) is 4.79 Å². The Morgan fingerprint density at radius 3 is 2.88 bits per heavy atom. The lowest BCUT2D eigenvalue weighted by Crippen LogP contribution is -2.40. The van der Waals surface area contributed by atoms with Crippen LogP contribution in [0.1, 0.15) is 33.1 Å². The fourth-order valence-electron chi connectivity index (χ4n) is 2.39. The number of rotatable bonds is 2. The number of hydrogen-bond acceptors (Lipinski definition) is 2. The molecule has 1 atom stereocenters. The van der Waals surface area contributed by atoms with Crippen molar-refractivity contribution in [3.05, 3.63) is 11.6 Å². The number of nitrogens with zero attached hydrogens (tertiary/aromatic N) is 1. The van der Waals surface area contributed by atoms with Gasteiger partial charge >= 0.3 is 0 Å². The Kier molecular flexibility index (Phi) is 3.95. The Hall–Kier alpha value is -0.440. The van der Waals surface area contributed by atoms with E-state index in [2.05, 4.69) is 19.9 Å². The SMILES string of the molecule is CC(C)C1=CCN(C(=O)C2CCCS2)CC1. The average molecular weight is 239 g/mol. The molecule has 2 rings (SSSR count). The highest BCUT2D eigenvalue weighted by molar-refractivity contribution is 8.00. The third kappa shape index (κ3) is 2.62. The van der Waals surface area contributed by atoms with Gasteiger partial charge in [0.2, 0.25) is 5.91 Å². The minimum Gasteiger partial charge on any atom is -0.338 e. The first-order valence-corrected chi connectivity index (χ1v) is 7.32. The fraction of sp³-hybridized carbons (Fsp3) is 0.769. The minimum atomic E-state index is 0.258. The van der Waals surface area contributed by atoms with E-state index in [1.54, 1.807) is 0 Å². The Morgan fingerprint density at radius 2 is 2.38 bits per heavy atom. The summed E-state index contributed by atoms with van der Waals surface area (Å²) in [6, 6.07) is 0. The second-order valence-corrected chi connectivity index (χ2v) is 6.28. The maximum Gasteiger partial charge on any atom is 0.235 e. The summed E-state index contributed by atoms with van der Waals surface area (Å²) in [6.45, 7) is 6.23. The molecule has 0 spiro atoms. The first-order chi connectivity index (χ1) is 7.68. The number of amides is 1. The lowest BCUT2D eigenvalue weighted by molar-refractivity contribution is -0.130. The predicted molar refractivity (Wildman–Crippen MR) is 69.6 cm³/mol. The van der Waals surface area contributed by atoms with Gasteiger partial charge in [0.15, 0.2) is 0 Å². The van der Waals surface area contributed by atoms with E-state index >= 15 is 0 Å². The standard InChI is InChI=1S/C13H21NOS/c1-10(2)11-5-7-14(8-6-11)13(15)12-4-3-9-16-12/h5,10,12H,3-4,6-9H2,1-2H3. The van der Waals surface area contributed by atoms with E-state index in [-0.39, 0.29) is 5.25 Å². The van der Waals surface area contributed by atoms with Crippen LogP contribution in [0.2, 0.25) is 0 Å².